The first kappa shape index (κ1) is 24.1. The van der Waals surface area contributed by atoms with Gasteiger partial charge in [0.05, 0.1) is 11.4 Å². The number of rotatable bonds is 16. The average Bonchev–Trinajstić information content (AvgIpc) is 2.76. The van der Waals surface area contributed by atoms with Gasteiger partial charge in [0.2, 0.25) is 5.91 Å². The largest absolute Gasteiger partial charge is 0.369 e. The van der Waals surface area contributed by atoms with E-state index in [0.717, 1.165) is 35.7 Å². The molecule has 0 fully saturated rings. The Morgan fingerprint density at radius 2 is 1.57 bits per heavy atom. The number of amides is 1. The monoisotopic (exact) mass is 408 g/mol. The molecular weight excluding hydrogens is 368 g/mol. The number of allylic oxidation sites excluding steroid dienone is 2. The summed E-state index contributed by atoms with van der Waals surface area (Å²) in [6.07, 6.45) is 22.5. The van der Waals surface area contributed by atoms with Crippen LogP contribution in [0.5, 0.6) is 0 Å². The lowest BCUT2D eigenvalue weighted by atomic mass is 9.92. The molecule has 0 aliphatic heterocycles. The Kier molecular flexibility index (Phi) is 11.9. The number of unbranched alkanes of at least 4 members (excludes halogenated alkanes) is 10. The second kappa shape index (κ2) is 14.8. The van der Waals surface area contributed by atoms with E-state index in [1.165, 1.54) is 64.2 Å². The summed E-state index contributed by atoms with van der Waals surface area (Å²) in [5.41, 5.74) is 7.59. The molecule has 0 saturated carbocycles. The third kappa shape index (κ3) is 9.11. The molecule has 1 heterocycles. The maximum Gasteiger partial charge on any atom is 0.225 e. The Hall–Kier alpha value is -2.16. The Labute approximate surface area is 183 Å². The molecule has 2 rings (SSSR count). The Morgan fingerprint density at radius 3 is 2.27 bits per heavy atom. The van der Waals surface area contributed by atoms with Crippen LogP contribution in [0.15, 0.2) is 48.7 Å². The minimum Gasteiger partial charge on any atom is -0.369 e. The third-order valence-electron chi connectivity index (χ3n) is 5.86. The van der Waals surface area contributed by atoms with E-state index in [1.807, 2.05) is 30.5 Å². The summed E-state index contributed by atoms with van der Waals surface area (Å²) >= 11 is 0. The Balaban J connectivity index is 1.59. The van der Waals surface area contributed by atoms with Crippen LogP contribution in [0.25, 0.3) is 10.9 Å². The van der Waals surface area contributed by atoms with Crippen LogP contribution in [0.1, 0.15) is 102 Å². The van der Waals surface area contributed by atoms with Gasteiger partial charge in [0.25, 0.3) is 0 Å². The standard InChI is InChI=1S/C27H40N2O/c1-2-3-4-5-6-7-8-9-10-11-12-13-14-15-19-25(27(28)30)24-21-23-18-16-17-20-26(23)29-22-24/h9-10,16-18,20-22,25H,2-8,11-15,19H2,1H3,(H2,28,30). The SMILES string of the molecule is CCCCCCCCC=CCCCCCCC(C(N)=O)c1cnc2ccccc2c1. The maximum atomic E-state index is 12.0. The van der Waals surface area contributed by atoms with E-state index in [4.69, 9.17) is 5.73 Å². The maximum absolute atomic E-state index is 12.0. The summed E-state index contributed by atoms with van der Waals surface area (Å²) in [5, 5.41) is 1.06. The van der Waals surface area contributed by atoms with Gasteiger partial charge in [0, 0.05) is 11.6 Å². The van der Waals surface area contributed by atoms with Crippen molar-refractivity contribution in [1.29, 1.82) is 0 Å². The van der Waals surface area contributed by atoms with Crippen molar-refractivity contribution in [3.05, 3.63) is 54.2 Å². The zero-order chi connectivity index (χ0) is 21.4. The number of hydrogen-bond acceptors (Lipinski definition) is 2. The molecule has 0 bridgehead atoms. The molecule has 2 N–H and O–H groups in total. The van der Waals surface area contributed by atoms with Crippen molar-refractivity contribution in [3.8, 4) is 0 Å². The van der Waals surface area contributed by atoms with E-state index < -0.39 is 0 Å². The van der Waals surface area contributed by atoms with Gasteiger partial charge in [-0.2, -0.15) is 0 Å². The quantitative estimate of drug-likeness (QED) is 0.231. The molecule has 0 saturated heterocycles. The van der Waals surface area contributed by atoms with Crippen LogP contribution in [0.4, 0.5) is 0 Å². The molecule has 1 aromatic carbocycles. The van der Waals surface area contributed by atoms with Crippen molar-refractivity contribution < 1.29 is 4.79 Å². The predicted octanol–water partition coefficient (Wildman–Crippen LogP) is 7.45. The molecule has 3 heteroatoms. The number of carbonyl (C=O) groups is 1. The number of primary amides is 1. The second-order valence-corrected chi connectivity index (χ2v) is 8.44. The summed E-state index contributed by atoms with van der Waals surface area (Å²) in [5.74, 6) is -0.482. The highest BCUT2D eigenvalue weighted by Gasteiger charge is 2.18. The van der Waals surface area contributed by atoms with Gasteiger partial charge in [-0.3, -0.25) is 9.78 Å². The molecule has 1 atom stereocenters. The van der Waals surface area contributed by atoms with Gasteiger partial charge in [-0.1, -0.05) is 88.6 Å². The van der Waals surface area contributed by atoms with Crippen molar-refractivity contribution in [2.45, 2.75) is 96.3 Å². The van der Waals surface area contributed by atoms with Crippen molar-refractivity contribution in [2.24, 2.45) is 5.73 Å². The van der Waals surface area contributed by atoms with Crippen molar-refractivity contribution in [1.82, 2.24) is 4.98 Å². The number of aromatic nitrogens is 1. The molecule has 3 nitrogen and oxygen atoms in total. The fourth-order valence-corrected chi connectivity index (χ4v) is 3.99. The second-order valence-electron chi connectivity index (χ2n) is 8.44. The highest BCUT2D eigenvalue weighted by atomic mass is 16.1. The van der Waals surface area contributed by atoms with Crippen LogP contribution in [0.3, 0.4) is 0 Å². The number of hydrogen-bond donors (Lipinski definition) is 1. The van der Waals surface area contributed by atoms with Gasteiger partial charge in [0.15, 0.2) is 0 Å². The lowest BCUT2D eigenvalue weighted by Gasteiger charge is -2.14. The zero-order valence-electron chi connectivity index (χ0n) is 18.8. The molecule has 2 aromatic rings. The third-order valence-corrected chi connectivity index (χ3v) is 5.86. The number of benzene rings is 1. The first-order valence-electron chi connectivity index (χ1n) is 12.0. The van der Waals surface area contributed by atoms with Gasteiger partial charge in [-0.05, 0) is 49.8 Å². The van der Waals surface area contributed by atoms with Crippen LogP contribution < -0.4 is 5.73 Å². The molecule has 164 valence electrons. The van der Waals surface area contributed by atoms with E-state index in [0.29, 0.717) is 0 Å². The summed E-state index contributed by atoms with van der Waals surface area (Å²) in [7, 11) is 0. The highest BCUT2D eigenvalue weighted by molar-refractivity contribution is 5.84. The lowest BCUT2D eigenvalue weighted by Crippen LogP contribution is -2.21. The molecule has 0 spiro atoms. The topological polar surface area (TPSA) is 56.0 Å². The molecule has 1 aromatic heterocycles. The number of nitrogens with zero attached hydrogens (tertiary/aromatic N) is 1. The van der Waals surface area contributed by atoms with Gasteiger partial charge >= 0.3 is 0 Å². The van der Waals surface area contributed by atoms with Crippen LogP contribution in [-0.2, 0) is 4.79 Å². The molecule has 1 amide bonds. The predicted molar refractivity (Wildman–Crippen MR) is 129 cm³/mol. The van der Waals surface area contributed by atoms with Crippen LogP contribution in [0.2, 0.25) is 0 Å². The van der Waals surface area contributed by atoms with E-state index in [1.54, 1.807) is 0 Å². The summed E-state index contributed by atoms with van der Waals surface area (Å²) in [6.45, 7) is 2.27. The minimum absolute atomic E-state index is 0.237. The fraction of sp³-hybridized carbons (Fsp3) is 0.556. The highest BCUT2D eigenvalue weighted by Crippen LogP contribution is 2.25. The number of pyridine rings is 1. The number of para-hydroxylation sites is 1. The van der Waals surface area contributed by atoms with Gasteiger partial charge in [-0.25, -0.2) is 0 Å². The summed E-state index contributed by atoms with van der Waals surface area (Å²) in [4.78, 5) is 16.5. The first-order valence-corrected chi connectivity index (χ1v) is 12.0. The number of carbonyl (C=O) groups excluding carboxylic acids is 1. The summed E-state index contributed by atoms with van der Waals surface area (Å²) in [6, 6.07) is 10.1. The number of fused-ring (bicyclic) bond motifs is 1. The normalized spacial score (nSPS) is 12.6. The molecule has 30 heavy (non-hydrogen) atoms. The van der Waals surface area contributed by atoms with E-state index in [2.05, 4.69) is 30.1 Å². The Morgan fingerprint density at radius 1 is 0.933 bits per heavy atom. The van der Waals surface area contributed by atoms with E-state index >= 15 is 0 Å². The zero-order valence-corrected chi connectivity index (χ0v) is 18.8. The van der Waals surface area contributed by atoms with Crippen LogP contribution >= 0.6 is 0 Å². The van der Waals surface area contributed by atoms with Gasteiger partial charge < -0.3 is 5.73 Å². The molecule has 0 aliphatic rings. The van der Waals surface area contributed by atoms with Crippen LogP contribution in [0, 0.1) is 0 Å². The van der Waals surface area contributed by atoms with E-state index in [9.17, 15) is 4.79 Å². The molecular formula is C27H40N2O. The molecule has 0 radical (unpaired) electrons. The van der Waals surface area contributed by atoms with Gasteiger partial charge in [0.1, 0.15) is 0 Å². The van der Waals surface area contributed by atoms with Crippen molar-refractivity contribution >= 4 is 16.8 Å². The first-order chi connectivity index (χ1) is 14.7. The lowest BCUT2D eigenvalue weighted by molar-refractivity contribution is -0.119. The van der Waals surface area contributed by atoms with Gasteiger partial charge in [-0.15, -0.1) is 0 Å². The smallest absolute Gasteiger partial charge is 0.225 e. The number of nitrogens with two attached hydrogens (primary N) is 1. The minimum atomic E-state index is -0.246. The molecule has 1 unspecified atom stereocenters. The van der Waals surface area contributed by atoms with Crippen molar-refractivity contribution in [2.75, 3.05) is 0 Å². The molecule has 0 aliphatic carbocycles. The van der Waals surface area contributed by atoms with E-state index in [-0.39, 0.29) is 11.8 Å². The average molecular weight is 409 g/mol. The Bertz CT molecular complexity index is 768. The summed E-state index contributed by atoms with van der Waals surface area (Å²) < 4.78 is 0. The van der Waals surface area contributed by atoms with Crippen LogP contribution in [-0.4, -0.2) is 10.9 Å². The fourth-order valence-electron chi connectivity index (χ4n) is 3.99. The van der Waals surface area contributed by atoms with Crippen molar-refractivity contribution in [3.63, 3.8) is 0 Å².